The van der Waals surface area contributed by atoms with Crippen molar-refractivity contribution in [2.75, 3.05) is 0 Å². The van der Waals surface area contributed by atoms with E-state index in [4.69, 9.17) is 4.42 Å². The summed E-state index contributed by atoms with van der Waals surface area (Å²) in [5, 5.41) is 17.1. The van der Waals surface area contributed by atoms with Crippen LogP contribution in [0, 0.1) is 13.8 Å². The molecule has 0 atom stereocenters. The van der Waals surface area contributed by atoms with Crippen LogP contribution in [-0.2, 0) is 12.8 Å². The third-order valence-electron chi connectivity index (χ3n) is 3.14. The third-order valence-corrected chi connectivity index (χ3v) is 4.15. The minimum absolute atomic E-state index is 0.541. The van der Waals surface area contributed by atoms with E-state index in [1.165, 1.54) is 17.3 Å². The summed E-state index contributed by atoms with van der Waals surface area (Å²) in [5.74, 6) is 2.57. The van der Waals surface area contributed by atoms with Crippen LogP contribution < -0.4 is 0 Å². The van der Waals surface area contributed by atoms with Crippen LogP contribution in [0.3, 0.4) is 0 Å². The van der Waals surface area contributed by atoms with E-state index < -0.39 is 0 Å². The molecular weight excluding hydrogens is 286 g/mol. The molecule has 3 aromatic rings. The predicted octanol–water partition coefficient (Wildman–Crippen LogP) is 2.77. The largest absolute Gasteiger partial charge is 0.420 e. The number of nitrogens with zero attached hydrogens (tertiary/aromatic N) is 5. The average molecular weight is 301 g/mol. The van der Waals surface area contributed by atoms with Crippen molar-refractivity contribution in [3.8, 4) is 11.5 Å². The molecule has 1 aromatic carbocycles. The van der Waals surface area contributed by atoms with Crippen LogP contribution in [0.2, 0.25) is 0 Å². The van der Waals surface area contributed by atoms with Gasteiger partial charge in [0.05, 0.1) is 5.75 Å². The van der Waals surface area contributed by atoms with Crippen LogP contribution in [0.15, 0.2) is 33.8 Å². The quantitative estimate of drug-likeness (QED) is 0.690. The molecule has 0 radical (unpaired) electrons. The van der Waals surface area contributed by atoms with Crippen LogP contribution >= 0.6 is 11.8 Å². The second-order valence-electron chi connectivity index (χ2n) is 4.74. The molecular formula is C14H15N5OS. The van der Waals surface area contributed by atoms with Gasteiger partial charge in [-0.3, -0.25) is 0 Å². The van der Waals surface area contributed by atoms with Gasteiger partial charge in [-0.1, -0.05) is 29.5 Å². The molecule has 6 nitrogen and oxygen atoms in total. The Balaban J connectivity index is 1.70. The van der Waals surface area contributed by atoms with Crippen molar-refractivity contribution >= 4 is 11.8 Å². The topological polar surface area (TPSA) is 69.6 Å². The van der Waals surface area contributed by atoms with Gasteiger partial charge in [-0.25, -0.2) is 0 Å². The number of thioether (sulfide) groups is 1. The highest BCUT2D eigenvalue weighted by Crippen LogP contribution is 2.23. The summed E-state index contributed by atoms with van der Waals surface area (Å²) in [5.41, 5.74) is 2.13. The maximum Gasteiger partial charge on any atom is 0.247 e. The zero-order chi connectivity index (χ0) is 14.8. The van der Waals surface area contributed by atoms with E-state index in [-0.39, 0.29) is 0 Å². The fourth-order valence-corrected chi connectivity index (χ4v) is 2.56. The summed E-state index contributed by atoms with van der Waals surface area (Å²) in [4.78, 5) is 0. The van der Waals surface area contributed by atoms with Crippen LogP contribution in [0.1, 0.15) is 17.3 Å². The molecule has 3 rings (SSSR count). The Bertz CT molecular complexity index is 747. The highest BCUT2D eigenvalue weighted by atomic mass is 32.2. The summed E-state index contributed by atoms with van der Waals surface area (Å²) in [7, 11) is 1.93. The van der Waals surface area contributed by atoms with Crippen molar-refractivity contribution in [3.63, 3.8) is 0 Å². The van der Waals surface area contributed by atoms with Gasteiger partial charge in [0, 0.05) is 12.6 Å². The van der Waals surface area contributed by atoms with E-state index in [1.54, 1.807) is 0 Å². The molecule has 0 aliphatic rings. The van der Waals surface area contributed by atoms with Gasteiger partial charge in [0.2, 0.25) is 11.8 Å². The Morgan fingerprint density at radius 2 is 1.81 bits per heavy atom. The molecule has 0 bridgehead atoms. The number of hydrogen-bond donors (Lipinski definition) is 0. The molecule has 2 heterocycles. The smallest absolute Gasteiger partial charge is 0.247 e. The van der Waals surface area contributed by atoms with E-state index in [2.05, 4.69) is 20.4 Å². The van der Waals surface area contributed by atoms with Crippen LogP contribution in [0.25, 0.3) is 11.5 Å². The van der Waals surface area contributed by atoms with Gasteiger partial charge >= 0.3 is 0 Å². The van der Waals surface area contributed by atoms with Crippen LogP contribution in [-0.4, -0.2) is 25.0 Å². The number of hydrogen-bond acceptors (Lipinski definition) is 6. The van der Waals surface area contributed by atoms with E-state index in [9.17, 15) is 0 Å². The van der Waals surface area contributed by atoms with Crippen molar-refractivity contribution in [3.05, 3.63) is 41.5 Å². The lowest BCUT2D eigenvalue weighted by Crippen LogP contribution is -1.93. The standard InChI is InChI=1S/C14H15N5OS/c1-9-4-6-11(7-5-9)13-17-16-12(20-13)8-21-14-18-15-10(2)19(14)3/h4-7H,8H2,1-3H3. The minimum atomic E-state index is 0.541. The van der Waals surface area contributed by atoms with E-state index in [0.717, 1.165) is 16.5 Å². The van der Waals surface area contributed by atoms with Crippen molar-refractivity contribution in [2.24, 2.45) is 7.05 Å². The molecule has 0 unspecified atom stereocenters. The van der Waals surface area contributed by atoms with Crippen LogP contribution in [0.5, 0.6) is 0 Å². The summed E-state index contributed by atoms with van der Waals surface area (Å²) < 4.78 is 7.61. The Morgan fingerprint density at radius 3 is 2.48 bits per heavy atom. The van der Waals surface area contributed by atoms with Gasteiger partial charge in [-0.05, 0) is 26.0 Å². The molecule has 0 aliphatic heterocycles. The molecule has 2 aromatic heterocycles. The van der Waals surface area contributed by atoms with Crippen molar-refractivity contribution < 1.29 is 4.42 Å². The van der Waals surface area contributed by atoms with Gasteiger partial charge in [0.15, 0.2) is 5.16 Å². The first kappa shape index (κ1) is 13.8. The maximum atomic E-state index is 5.68. The van der Waals surface area contributed by atoms with Gasteiger partial charge in [-0.15, -0.1) is 20.4 Å². The number of aryl methyl sites for hydroxylation is 2. The molecule has 0 saturated heterocycles. The molecule has 0 fully saturated rings. The van der Waals surface area contributed by atoms with Crippen molar-refractivity contribution in [2.45, 2.75) is 24.8 Å². The molecule has 21 heavy (non-hydrogen) atoms. The zero-order valence-electron chi connectivity index (χ0n) is 12.1. The Morgan fingerprint density at radius 1 is 1.05 bits per heavy atom. The third kappa shape index (κ3) is 2.97. The van der Waals surface area contributed by atoms with Crippen molar-refractivity contribution in [1.29, 1.82) is 0 Å². The summed E-state index contributed by atoms with van der Waals surface area (Å²) in [6, 6.07) is 8.00. The lowest BCUT2D eigenvalue weighted by atomic mass is 10.1. The lowest BCUT2D eigenvalue weighted by Gasteiger charge is -1.98. The van der Waals surface area contributed by atoms with E-state index in [0.29, 0.717) is 17.5 Å². The lowest BCUT2D eigenvalue weighted by molar-refractivity contribution is 0.528. The summed E-state index contributed by atoms with van der Waals surface area (Å²) >= 11 is 1.53. The molecule has 108 valence electrons. The fraction of sp³-hybridized carbons (Fsp3) is 0.286. The molecule has 0 spiro atoms. The molecule has 7 heteroatoms. The number of aromatic nitrogens is 5. The molecule has 0 saturated carbocycles. The molecule has 0 aliphatic carbocycles. The highest BCUT2D eigenvalue weighted by molar-refractivity contribution is 7.98. The first-order chi connectivity index (χ1) is 10.1. The van der Waals surface area contributed by atoms with Gasteiger partial charge in [0.1, 0.15) is 5.82 Å². The highest BCUT2D eigenvalue weighted by Gasteiger charge is 2.11. The second kappa shape index (κ2) is 5.69. The van der Waals surface area contributed by atoms with E-state index in [1.807, 2.05) is 49.7 Å². The van der Waals surface area contributed by atoms with E-state index >= 15 is 0 Å². The normalized spacial score (nSPS) is 11.0. The Kier molecular flexibility index (Phi) is 3.74. The Hall–Kier alpha value is -2.15. The number of rotatable bonds is 4. The van der Waals surface area contributed by atoms with Gasteiger partial charge in [-0.2, -0.15) is 0 Å². The average Bonchev–Trinajstić information content (AvgIpc) is 3.07. The second-order valence-corrected chi connectivity index (χ2v) is 5.69. The first-order valence-corrected chi connectivity index (χ1v) is 7.50. The minimum Gasteiger partial charge on any atom is -0.420 e. The van der Waals surface area contributed by atoms with Gasteiger partial charge in [0.25, 0.3) is 0 Å². The first-order valence-electron chi connectivity index (χ1n) is 6.51. The summed E-state index contributed by atoms with van der Waals surface area (Å²) in [6.45, 7) is 3.96. The predicted molar refractivity (Wildman–Crippen MR) is 79.8 cm³/mol. The molecule has 0 amide bonds. The van der Waals surface area contributed by atoms with Crippen LogP contribution in [0.4, 0.5) is 0 Å². The maximum absolute atomic E-state index is 5.68. The SMILES string of the molecule is Cc1ccc(-c2nnc(CSc3nnc(C)n3C)o2)cc1. The van der Waals surface area contributed by atoms with Crippen molar-refractivity contribution in [1.82, 2.24) is 25.0 Å². The monoisotopic (exact) mass is 301 g/mol. The molecule has 0 N–H and O–H groups in total. The Labute approximate surface area is 126 Å². The number of benzene rings is 1. The fourth-order valence-electron chi connectivity index (χ4n) is 1.76. The van der Waals surface area contributed by atoms with Gasteiger partial charge < -0.3 is 8.98 Å². The summed E-state index contributed by atoms with van der Waals surface area (Å²) in [6.07, 6.45) is 0. The zero-order valence-corrected chi connectivity index (χ0v) is 12.9.